The van der Waals surface area contributed by atoms with Gasteiger partial charge in [0.1, 0.15) is 11.7 Å². The predicted octanol–water partition coefficient (Wildman–Crippen LogP) is 2.27. The summed E-state index contributed by atoms with van der Waals surface area (Å²) in [5.74, 6) is -0.177. The van der Waals surface area contributed by atoms with Gasteiger partial charge in [0.25, 0.3) is 0 Å². The van der Waals surface area contributed by atoms with E-state index in [2.05, 4.69) is 26.3 Å². The van der Waals surface area contributed by atoms with E-state index in [0.717, 1.165) is 22.7 Å². The highest BCUT2D eigenvalue weighted by Crippen LogP contribution is 2.42. The molecule has 11 N–H and O–H groups in total. The number of benzene rings is 2. The van der Waals surface area contributed by atoms with Gasteiger partial charge in [0, 0.05) is 0 Å². The monoisotopic (exact) mass is 387 g/mol. The largest absolute Gasteiger partial charge is 0.384 e. The molecule has 29 heavy (non-hydrogen) atoms. The van der Waals surface area contributed by atoms with Crippen LogP contribution >= 0.6 is 0 Å². The van der Waals surface area contributed by atoms with Crippen LogP contribution in [-0.2, 0) is 11.3 Å². The molecule has 1 aromatic heterocycles. The zero-order chi connectivity index (χ0) is 20.2. The molecule has 9 nitrogen and oxygen atoms in total. The van der Waals surface area contributed by atoms with Gasteiger partial charge in [-0.1, -0.05) is 24.3 Å². The fourth-order valence-electron chi connectivity index (χ4n) is 3.93. The van der Waals surface area contributed by atoms with Crippen LogP contribution in [0.4, 0.5) is 22.7 Å². The minimum atomic E-state index is -1.12. The van der Waals surface area contributed by atoms with Crippen LogP contribution in [0, 0.1) is 10.8 Å². The lowest BCUT2D eigenvalue weighted by Gasteiger charge is -2.31. The lowest BCUT2D eigenvalue weighted by molar-refractivity contribution is 0.704. The molecule has 0 atom stereocenters. The fraction of sp³-hybridized carbons (Fsp3) is 0.100. The van der Waals surface area contributed by atoms with Crippen LogP contribution < -0.4 is 32.7 Å². The summed E-state index contributed by atoms with van der Waals surface area (Å²) < 4.78 is 0. The normalized spacial score (nSPS) is 17.1. The molecule has 0 amide bonds. The number of para-hydroxylation sites is 4. The molecule has 0 bridgehead atoms. The Morgan fingerprint density at radius 3 is 1.17 bits per heavy atom. The maximum Gasteiger partial charge on any atom is 0.208 e. The van der Waals surface area contributed by atoms with E-state index < -0.39 is 11.3 Å². The second kappa shape index (κ2) is 5.68. The van der Waals surface area contributed by atoms with Crippen molar-refractivity contribution in [3.05, 3.63) is 72.1 Å². The van der Waals surface area contributed by atoms with Crippen molar-refractivity contribution < 1.29 is 0 Å². The number of hydrogen-bond donors (Lipinski definition) is 9. The van der Waals surface area contributed by atoms with Gasteiger partial charge in [0.05, 0.1) is 34.1 Å². The predicted molar refractivity (Wildman–Crippen MR) is 115 cm³/mol. The van der Waals surface area contributed by atoms with E-state index in [4.69, 9.17) is 22.3 Å². The van der Waals surface area contributed by atoms with Crippen LogP contribution in [0.2, 0.25) is 0 Å². The van der Waals surface area contributed by atoms with Crippen LogP contribution in [0.1, 0.15) is 11.4 Å². The van der Waals surface area contributed by atoms with Crippen molar-refractivity contribution in [3.63, 3.8) is 0 Å². The topological polar surface area (TPSA) is 164 Å². The molecular formula is C20H21N9. The molecular weight excluding hydrogens is 366 g/mol. The van der Waals surface area contributed by atoms with E-state index >= 15 is 0 Å². The van der Waals surface area contributed by atoms with Crippen LogP contribution in [-0.4, -0.2) is 16.7 Å². The van der Waals surface area contributed by atoms with Crippen molar-refractivity contribution in [3.8, 4) is 0 Å². The van der Waals surface area contributed by atoms with Gasteiger partial charge in [-0.2, -0.15) is 0 Å². The first-order valence-corrected chi connectivity index (χ1v) is 9.14. The summed E-state index contributed by atoms with van der Waals surface area (Å²) in [7, 11) is 0. The third-order valence-corrected chi connectivity index (χ3v) is 5.44. The highest BCUT2D eigenvalue weighted by molar-refractivity contribution is 6.00. The molecule has 0 aliphatic carbocycles. The first kappa shape index (κ1) is 17.0. The van der Waals surface area contributed by atoms with Crippen molar-refractivity contribution >= 4 is 34.4 Å². The highest BCUT2D eigenvalue weighted by Gasteiger charge is 2.46. The number of rotatable bonds is 4. The number of nitrogens with one attached hydrogen (secondary N) is 7. The van der Waals surface area contributed by atoms with Crippen LogP contribution in [0.5, 0.6) is 0 Å². The summed E-state index contributed by atoms with van der Waals surface area (Å²) >= 11 is 0. The standard InChI is InChI=1S/C20H21N9/c21-17(22)19(26-11-5-1-2-6-12(11)27-19)15-9-10-16(25-15)20(18(23)24)28-13-7-3-4-8-14(13)29-20/h1-10,25-29H,(H3,21,22)(H3,23,24). The van der Waals surface area contributed by atoms with E-state index in [1.54, 1.807) is 0 Å². The van der Waals surface area contributed by atoms with Gasteiger partial charge in [0.2, 0.25) is 11.3 Å². The minimum Gasteiger partial charge on any atom is -0.384 e. The minimum absolute atomic E-state index is 0.0883. The third kappa shape index (κ3) is 2.27. The Bertz CT molecular complexity index is 1010. The van der Waals surface area contributed by atoms with Crippen LogP contribution in [0.25, 0.3) is 0 Å². The van der Waals surface area contributed by atoms with Crippen molar-refractivity contribution in [1.29, 1.82) is 10.8 Å². The van der Waals surface area contributed by atoms with Crippen LogP contribution in [0.3, 0.4) is 0 Å². The smallest absolute Gasteiger partial charge is 0.208 e. The van der Waals surface area contributed by atoms with Gasteiger partial charge in [-0.25, -0.2) is 0 Å². The molecule has 0 spiro atoms. The molecule has 0 unspecified atom stereocenters. The summed E-state index contributed by atoms with van der Waals surface area (Å²) in [6.45, 7) is 0. The van der Waals surface area contributed by atoms with E-state index in [0.29, 0.717) is 11.4 Å². The molecule has 9 heteroatoms. The van der Waals surface area contributed by atoms with Crippen molar-refractivity contribution in [2.75, 3.05) is 21.3 Å². The highest BCUT2D eigenvalue weighted by atomic mass is 15.3. The first-order valence-electron chi connectivity index (χ1n) is 9.14. The van der Waals surface area contributed by atoms with E-state index in [9.17, 15) is 0 Å². The molecule has 2 aromatic carbocycles. The number of amidine groups is 2. The maximum absolute atomic E-state index is 8.24. The molecule has 0 saturated heterocycles. The number of fused-ring (bicyclic) bond motifs is 2. The molecule has 0 fully saturated rings. The van der Waals surface area contributed by atoms with Crippen molar-refractivity contribution in [1.82, 2.24) is 4.98 Å². The third-order valence-electron chi connectivity index (χ3n) is 5.44. The number of nitrogens with two attached hydrogens (primary N) is 2. The molecule has 2 aliphatic heterocycles. The summed E-state index contributed by atoms with van der Waals surface area (Å²) in [5, 5.41) is 29.7. The van der Waals surface area contributed by atoms with E-state index in [-0.39, 0.29) is 11.7 Å². The zero-order valence-electron chi connectivity index (χ0n) is 15.4. The summed E-state index contributed by atoms with van der Waals surface area (Å²) in [4.78, 5) is 3.32. The van der Waals surface area contributed by atoms with Crippen molar-refractivity contribution in [2.45, 2.75) is 11.3 Å². The average molecular weight is 387 g/mol. The summed E-state index contributed by atoms with van der Waals surface area (Å²) in [5.41, 5.74) is 14.5. The average Bonchev–Trinajstić information content (AvgIpc) is 3.42. The number of aromatic nitrogens is 1. The van der Waals surface area contributed by atoms with Crippen molar-refractivity contribution in [2.24, 2.45) is 11.5 Å². The fourth-order valence-corrected chi connectivity index (χ4v) is 3.93. The number of hydrogen-bond acceptors (Lipinski definition) is 6. The Morgan fingerprint density at radius 2 is 0.897 bits per heavy atom. The zero-order valence-corrected chi connectivity index (χ0v) is 15.4. The quantitative estimate of drug-likeness (QED) is 0.246. The molecule has 2 aliphatic rings. The first-order chi connectivity index (χ1) is 13.9. The van der Waals surface area contributed by atoms with Gasteiger partial charge < -0.3 is 37.7 Å². The lowest BCUT2D eigenvalue weighted by Crippen LogP contribution is -2.52. The lowest BCUT2D eigenvalue weighted by atomic mass is 10.1. The number of anilines is 4. The number of aromatic amines is 1. The van der Waals surface area contributed by atoms with Gasteiger partial charge in [-0.15, -0.1) is 0 Å². The Hall–Kier alpha value is -4.14. The molecule has 5 rings (SSSR count). The van der Waals surface area contributed by atoms with Gasteiger partial charge in [-0.3, -0.25) is 10.8 Å². The molecule has 3 aromatic rings. The Morgan fingerprint density at radius 1 is 0.586 bits per heavy atom. The Balaban J connectivity index is 1.57. The molecule has 0 radical (unpaired) electrons. The van der Waals surface area contributed by atoms with Gasteiger partial charge >= 0.3 is 0 Å². The molecule has 0 saturated carbocycles. The number of H-pyrrole nitrogens is 1. The maximum atomic E-state index is 8.24. The Labute approximate surface area is 166 Å². The van der Waals surface area contributed by atoms with E-state index in [1.807, 2.05) is 60.7 Å². The van der Waals surface area contributed by atoms with Gasteiger partial charge in [-0.05, 0) is 36.4 Å². The Kier molecular flexibility index (Phi) is 3.33. The van der Waals surface area contributed by atoms with Gasteiger partial charge in [0.15, 0.2) is 0 Å². The van der Waals surface area contributed by atoms with E-state index in [1.165, 1.54) is 0 Å². The van der Waals surface area contributed by atoms with Crippen LogP contribution in [0.15, 0.2) is 60.7 Å². The second-order valence-electron chi connectivity index (χ2n) is 7.20. The summed E-state index contributed by atoms with van der Waals surface area (Å²) in [6, 6.07) is 19.0. The second-order valence-corrected chi connectivity index (χ2v) is 7.20. The molecule has 3 heterocycles. The molecule has 146 valence electrons. The SMILES string of the molecule is N=C(N)C1(c2ccc(C3(C(=N)N)Nc4ccccc4N3)[nH]2)Nc2ccccc2N1. The summed E-state index contributed by atoms with van der Waals surface area (Å²) in [6.07, 6.45) is 0.